The fourth-order valence-corrected chi connectivity index (χ4v) is 2.49. The molecule has 1 aromatic rings. The molecule has 110 valence electrons. The van der Waals surface area contributed by atoms with Gasteiger partial charge < -0.3 is 16.4 Å². The van der Waals surface area contributed by atoms with Gasteiger partial charge in [0.25, 0.3) is 0 Å². The minimum atomic E-state index is -0.0705. The van der Waals surface area contributed by atoms with Crippen LogP contribution in [0.5, 0.6) is 0 Å². The van der Waals surface area contributed by atoms with Crippen molar-refractivity contribution in [3.8, 4) is 0 Å². The predicted molar refractivity (Wildman–Crippen MR) is 79.5 cm³/mol. The van der Waals surface area contributed by atoms with Crippen LogP contribution in [0, 0.1) is 5.41 Å². The first kappa shape index (κ1) is 14.8. The number of rotatable bonds is 6. The van der Waals surface area contributed by atoms with E-state index >= 15 is 0 Å². The summed E-state index contributed by atoms with van der Waals surface area (Å²) >= 11 is 5.78. The molecule has 1 aromatic heterocycles. The Labute approximate surface area is 123 Å². The third kappa shape index (κ3) is 3.30. The zero-order valence-electron chi connectivity index (χ0n) is 11.6. The molecule has 1 heterocycles. The van der Waals surface area contributed by atoms with E-state index in [9.17, 15) is 4.79 Å². The summed E-state index contributed by atoms with van der Waals surface area (Å²) in [6.07, 6.45) is 6.07. The fourth-order valence-electron chi connectivity index (χ4n) is 2.36. The highest BCUT2D eigenvalue weighted by atomic mass is 35.5. The van der Waals surface area contributed by atoms with Crippen LogP contribution in [0.2, 0.25) is 5.15 Å². The van der Waals surface area contributed by atoms with Crippen LogP contribution in [0.15, 0.2) is 6.33 Å². The number of nitrogens with one attached hydrogen (secondary N) is 2. The minimum absolute atomic E-state index is 0.0705. The van der Waals surface area contributed by atoms with Gasteiger partial charge in [0.2, 0.25) is 5.91 Å². The lowest BCUT2D eigenvalue weighted by molar-refractivity contribution is -0.120. The van der Waals surface area contributed by atoms with E-state index in [4.69, 9.17) is 17.3 Å². The molecule has 0 bridgehead atoms. The van der Waals surface area contributed by atoms with Crippen molar-refractivity contribution in [3.05, 3.63) is 11.5 Å². The second-order valence-corrected chi connectivity index (χ2v) is 5.62. The largest absolute Gasteiger partial charge is 0.393 e. The van der Waals surface area contributed by atoms with Crippen molar-refractivity contribution >= 4 is 29.0 Å². The van der Waals surface area contributed by atoms with E-state index in [0.29, 0.717) is 11.2 Å². The number of amides is 1. The Kier molecular flexibility index (Phi) is 4.65. The predicted octanol–water partition coefficient (Wildman–Crippen LogP) is 1.82. The van der Waals surface area contributed by atoms with Gasteiger partial charge in [-0.1, -0.05) is 24.9 Å². The second-order valence-electron chi connectivity index (χ2n) is 5.26. The van der Waals surface area contributed by atoms with Crippen molar-refractivity contribution in [2.24, 2.45) is 5.41 Å². The summed E-state index contributed by atoms with van der Waals surface area (Å²) < 4.78 is 0. The second kappa shape index (κ2) is 6.26. The number of hydrogen-bond donors (Lipinski definition) is 3. The van der Waals surface area contributed by atoms with Crippen molar-refractivity contribution in [1.82, 2.24) is 15.3 Å². The molecule has 0 radical (unpaired) electrons. The van der Waals surface area contributed by atoms with E-state index in [0.717, 1.165) is 13.0 Å². The molecule has 1 saturated carbocycles. The Bertz CT molecular complexity index is 484. The van der Waals surface area contributed by atoms with Crippen LogP contribution >= 0.6 is 11.6 Å². The molecule has 6 nitrogen and oxygen atoms in total. The lowest BCUT2D eigenvalue weighted by Crippen LogP contribution is -2.43. The molecule has 2 rings (SSSR count). The van der Waals surface area contributed by atoms with Crippen LogP contribution in [0.25, 0.3) is 0 Å². The highest BCUT2D eigenvalue weighted by molar-refractivity contribution is 6.32. The van der Waals surface area contributed by atoms with E-state index in [1.807, 2.05) is 0 Å². The number of carbonyl (C=O) groups excluding carboxylic acids is 1. The van der Waals surface area contributed by atoms with Crippen molar-refractivity contribution in [3.63, 3.8) is 0 Å². The molecule has 4 N–H and O–H groups in total. The third-order valence-corrected chi connectivity index (χ3v) is 4.38. The summed E-state index contributed by atoms with van der Waals surface area (Å²) in [5.41, 5.74) is 6.28. The topological polar surface area (TPSA) is 92.9 Å². The first-order chi connectivity index (χ1) is 9.56. The van der Waals surface area contributed by atoms with Crippen LogP contribution in [0.4, 0.5) is 11.5 Å². The van der Waals surface area contributed by atoms with Gasteiger partial charge in [-0.3, -0.25) is 4.79 Å². The number of nitrogen functional groups attached to an aromatic ring is 1. The number of halogens is 1. The normalized spacial score (nSPS) is 16.3. The van der Waals surface area contributed by atoms with Crippen molar-refractivity contribution in [2.45, 2.75) is 32.6 Å². The molecular formula is C13H20ClN5O. The fraction of sp³-hybridized carbons (Fsp3) is 0.615. The Morgan fingerprint density at radius 2 is 2.25 bits per heavy atom. The van der Waals surface area contributed by atoms with Gasteiger partial charge in [0, 0.05) is 6.54 Å². The molecule has 7 heteroatoms. The number of carbonyl (C=O) groups is 1. The van der Waals surface area contributed by atoms with Gasteiger partial charge >= 0.3 is 0 Å². The van der Waals surface area contributed by atoms with Crippen LogP contribution in [-0.4, -0.2) is 29.0 Å². The molecule has 0 saturated heterocycles. The van der Waals surface area contributed by atoms with Crippen LogP contribution < -0.4 is 16.4 Å². The van der Waals surface area contributed by atoms with Crippen molar-refractivity contribution in [1.29, 1.82) is 0 Å². The molecule has 1 aliphatic rings. The van der Waals surface area contributed by atoms with Gasteiger partial charge in [0.05, 0.1) is 6.54 Å². The first-order valence-corrected chi connectivity index (χ1v) is 7.21. The highest BCUT2D eigenvalue weighted by Crippen LogP contribution is 2.42. The summed E-state index contributed by atoms with van der Waals surface area (Å²) in [6.45, 7) is 3.04. The quantitative estimate of drug-likeness (QED) is 0.697. The highest BCUT2D eigenvalue weighted by Gasteiger charge is 2.35. The summed E-state index contributed by atoms with van der Waals surface area (Å²) in [6, 6.07) is 0. The lowest BCUT2D eigenvalue weighted by atomic mass is 9.67. The number of aromatic nitrogens is 2. The van der Waals surface area contributed by atoms with Crippen molar-refractivity contribution < 1.29 is 4.79 Å². The summed E-state index contributed by atoms with van der Waals surface area (Å²) in [5, 5.41) is 6.02. The van der Waals surface area contributed by atoms with Crippen LogP contribution in [-0.2, 0) is 4.79 Å². The van der Waals surface area contributed by atoms with E-state index in [1.54, 1.807) is 0 Å². The third-order valence-electron chi connectivity index (χ3n) is 4.08. The maximum Gasteiger partial charge on any atom is 0.239 e. The van der Waals surface area contributed by atoms with Crippen LogP contribution in [0.1, 0.15) is 32.6 Å². The van der Waals surface area contributed by atoms with Crippen molar-refractivity contribution in [2.75, 3.05) is 24.1 Å². The molecule has 0 unspecified atom stereocenters. The standard InChI is InChI=1S/C13H20ClN5O/c1-2-13(4-3-5-13)7-17-9(20)6-16-12-10(15)11(14)18-8-19-12/h8H,2-7,15H2,1H3,(H,17,20)(H,16,18,19). The van der Waals surface area contributed by atoms with Gasteiger partial charge in [-0.05, 0) is 24.7 Å². The van der Waals surface area contributed by atoms with Gasteiger partial charge in [-0.25, -0.2) is 9.97 Å². The SMILES string of the molecule is CCC1(CNC(=O)CNc2ncnc(Cl)c2N)CCC1. The number of nitrogens with zero attached hydrogens (tertiary/aromatic N) is 2. The summed E-state index contributed by atoms with van der Waals surface area (Å²) in [5.74, 6) is 0.313. The van der Waals surface area contributed by atoms with E-state index in [-0.39, 0.29) is 23.3 Å². The van der Waals surface area contributed by atoms with E-state index < -0.39 is 0 Å². The maximum atomic E-state index is 11.8. The van der Waals surface area contributed by atoms with E-state index in [2.05, 4.69) is 27.5 Å². The summed E-state index contributed by atoms with van der Waals surface area (Å²) in [7, 11) is 0. The average molecular weight is 298 g/mol. The molecule has 20 heavy (non-hydrogen) atoms. The molecule has 0 aliphatic heterocycles. The molecule has 1 amide bonds. The molecule has 1 aliphatic carbocycles. The first-order valence-electron chi connectivity index (χ1n) is 6.83. The number of nitrogens with two attached hydrogens (primary N) is 1. The molecule has 1 fully saturated rings. The van der Waals surface area contributed by atoms with Gasteiger partial charge in [-0.15, -0.1) is 0 Å². The average Bonchev–Trinajstić information content (AvgIpc) is 2.40. The smallest absolute Gasteiger partial charge is 0.239 e. The van der Waals surface area contributed by atoms with Crippen LogP contribution in [0.3, 0.4) is 0 Å². The van der Waals surface area contributed by atoms with Gasteiger partial charge in [0.15, 0.2) is 11.0 Å². The molecule has 0 spiro atoms. The number of anilines is 2. The zero-order valence-corrected chi connectivity index (χ0v) is 12.3. The Morgan fingerprint density at radius 1 is 1.50 bits per heavy atom. The molecule has 0 atom stereocenters. The molecule has 0 aromatic carbocycles. The Balaban J connectivity index is 1.79. The maximum absolute atomic E-state index is 11.8. The Morgan fingerprint density at radius 3 is 2.85 bits per heavy atom. The number of hydrogen-bond acceptors (Lipinski definition) is 5. The lowest BCUT2D eigenvalue weighted by Gasteiger charge is -2.41. The van der Waals surface area contributed by atoms with E-state index in [1.165, 1.54) is 25.6 Å². The Hall–Kier alpha value is -1.56. The zero-order chi connectivity index (χ0) is 14.6. The monoisotopic (exact) mass is 297 g/mol. The van der Waals surface area contributed by atoms with Gasteiger partial charge in [0.1, 0.15) is 12.0 Å². The summed E-state index contributed by atoms with van der Waals surface area (Å²) in [4.78, 5) is 19.5. The minimum Gasteiger partial charge on any atom is -0.393 e. The van der Waals surface area contributed by atoms with Gasteiger partial charge in [-0.2, -0.15) is 0 Å². The molecular weight excluding hydrogens is 278 g/mol.